The van der Waals surface area contributed by atoms with Gasteiger partial charge in [-0.3, -0.25) is 0 Å². The molecule has 0 radical (unpaired) electrons. The average Bonchev–Trinajstić information content (AvgIpc) is 2.47. The van der Waals surface area contributed by atoms with Gasteiger partial charge in [-0.15, -0.1) is 0 Å². The van der Waals surface area contributed by atoms with Gasteiger partial charge < -0.3 is 14.9 Å². The van der Waals surface area contributed by atoms with Crippen LogP contribution in [0.5, 0.6) is 5.75 Å². The van der Waals surface area contributed by atoms with E-state index in [9.17, 15) is 10.2 Å². The topological polar surface area (TPSA) is 49.7 Å². The zero-order valence-corrected chi connectivity index (χ0v) is 13.5. The van der Waals surface area contributed by atoms with E-state index in [1.54, 1.807) is 13.0 Å². The molecule has 0 bridgehead atoms. The molecule has 0 aliphatic rings. The molecule has 0 atom stereocenters. The molecular formula is C18H30O3. The largest absolute Gasteiger partial charge is 0.439 e. The Kier molecular flexibility index (Phi) is 8.40. The standard InChI is InChI=1S/C18H30O3/c1-3-5-6-7-8-9-10-13-16-14-11-12-15-17(16)21-18(19,20)4-2/h11-12,14-15,19-20H,3-10,13H2,1-2H3. The van der Waals surface area contributed by atoms with Gasteiger partial charge in [0, 0.05) is 6.42 Å². The Morgan fingerprint density at radius 1 is 0.905 bits per heavy atom. The predicted octanol–water partition coefficient (Wildman–Crippen LogP) is 4.41. The predicted molar refractivity (Wildman–Crippen MR) is 86.2 cm³/mol. The van der Waals surface area contributed by atoms with Gasteiger partial charge in [0.1, 0.15) is 5.75 Å². The van der Waals surface area contributed by atoms with Crippen molar-refractivity contribution in [3.63, 3.8) is 0 Å². The van der Waals surface area contributed by atoms with Crippen molar-refractivity contribution in [2.45, 2.75) is 77.6 Å². The molecule has 0 spiro atoms. The third-order valence-corrected chi connectivity index (χ3v) is 3.76. The molecular weight excluding hydrogens is 264 g/mol. The maximum absolute atomic E-state index is 9.63. The van der Waals surface area contributed by atoms with Gasteiger partial charge in [-0.2, -0.15) is 0 Å². The first-order chi connectivity index (χ1) is 10.1. The number of aryl methyl sites for hydroxylation is 1. The maximum atomic E-state index is 9.63. The minimum absolute atomic E-state index is 0.138. The minimum atomic E-state index is -2.07. The second-order valence-electron chi connectivity index (χ2n) is 5.68. The second-order valence-corrected chi connectivity index (χ2v) is 5.68. The smallest absolute Gasteiger partial charge is 0.321 e. The molecule has 0 fully saturated rings. The van der Waals surface area contributed by atoms with Crippen molar-refractivity contribution in [1.82, 2.24) is 0 Å². The van der Waals surface area contributed by atoms with Gasteiger partial charge in [0.25, 0.3) is 0 Å². The van der Waals surface area contributed by atoms with E-state index >= 15 is 0 Å². The van der Waals surface area contributed by atoms with E-state index in [0.29, 0.717) is 5.75 Å². The fraction of sp³-hybridized carbons (Fsp3) is 0.667. The van der Waals surface area contributed by atoms with Crippen LogP contribution in [-0.2, 0) is 6.42 Å². The summed E-state index contributed by atoms with van der Waals surface area (Å²) < 4.78 is 5.30. The highest BCUT2D eigenvalue weighted by Crippen LogP contribution is 2.24. The number of unbranched alkanes of at least 4 members (excludes halogenated alkanes) is 6. The van der Waals surface area contributed by atoms with Crippen LogP contribution in [0, 0.1) is 0 Å². The van der Waals surface area contributed by atoms with Crippen molar-refractivity contribution in [3.05, 3.63) is 29.8 Å². The highest BCUT2D eigenvalue weighted by Gasteiger charge is 2.23. The molecule has 1 aromatic carbocycles. The van der Waals surface area contributed by atoms with Crippen LogP contribution < -0.4 is 4.74 Å². The van der Waals surface area contributed by atoms with Crippen LogP contribution in [0.2, 0.25) is 0 Å². The summed E-state index contributed by atoms with van der Waals surface area (Å²) in [5.74, 6) is -1.49. The average molecular weight is 294 g/mol. The number of para-hydroxylation sites is 1. The van der Waals surface area contributed by atoms with Crippen molar-refractivity contribution < 1.29 is 14.9 Å². The Bertz CT molecular complexity index is 388. The fourth-order valence-electron chi connectivity index (χ4n) is 2.33. The Morgan fingerprint density at radius 3 is 2.19 bits per heavy atom. The van der Waals surface area contributed by atoms with Gasteiger partial charge in [-0.1, -0.05) is 70.6 Å². The Morgan fingerprint density at radius 2 is 1.52 bits per heavy atom. The summed E-state index contributed by atoms with van der Waals surface area (Å²) in [4.78, 5) is 0. The molecule has 0 saturated carbocycles. The van der Waals surface area contributed by atoms with Crippen molar-refractivity contribution in [2.24, 2.45) is 0 Å². The summed E-state index contributed by atoms with van der Waals surface area (Å²) in [5.41, 5.74) is 1.05. The first-order valence-corrected chi connectivity index (χ1v) is 8.30. The molecule has 2 N–H and O–H groups in total. The summed E-state index contributed by atoms with van der Waals surface area (Å²) in [7, 11) is 0. The number of hydrogen-bond donors (Lipinski definition) is 2. The van der Waals surface area contributed by atoms with Gasteiger partial charge in [0.05, 0.1) is 0 Å². The molecule has 3 heteroatoms. The lowest BCUT2D eigenvalue weighted by Gasteiger charge is -2.22. The van der Waals surface area contributed by atoms with E-state index in [-0.39, 0.29) is 6.42 Å². The molecule has 0 saturated heterocycles. The number of benzene rings is 1. The SMILES string of the molecule is CCCCCCCCCc1ccccc1OC(O)(O)CC. The Balaban J connectivity index is 2.38. The first-order valence-electron chi connectivity index (χ1n) is 8.30. The molecule has 120 valence electrons. The monoisotopic (exact) mass is 294 g/mol. The van der Waals surface area contributed by atoms with Crippen LogP contribution in [0.25, 0.3) is 0 Å². The maximum Gasteiger partial charge on any atom is 0.321 e. The summed E-state index contributed by atoms with van der Waals surface area (Å²) in [6.45, 7) is 3.91. The fourth-order valence-corrected chi connectivity index (χ4v) is 2.33. The number of hydrogen-bond acceptors (Lipinski definition) is 3. The molecule has 1 aromatic rings. The lowest BCUT2D eigenvalue weighted by atomic mass is 10.0. The molecule has 1 rings (SSSR count). The van der Waals surface area contributed by atoms with Gasteiger partial charge in [0.2, 0.25) is 0 Å². The first kappa shape index (κ1) is 18.0. The minimum Gasteiger partial charge on any atom is -0.439 e. The van der Waals surface area contributed by atoms with E-state index in [2.05, 4.69) is 6.92 Å². The number of ether oxygens (including phenoxy) is 1. The van der Waals surface area contributed by atoms with E-state index in [1.807, 2.05) is 18.2 Å². The van der Waals surface area contributed by atoms with Crippen LogP contribution in [0.4, 0.5) is 0 Å². The Hall–Kier alpha value is -1.06. The molecule has 0 unspecified atom stereocenters. The third kappa shape index (κ3) is 7.49. The van der Waals surface area contributed by atoms with Gasteiger partial charge in [0.15, 0.2) is 0 Å². The summed E-state index contributed by atoms with van der Waals surface area (Å²) in [6, 6.07) is 7.62. The van der Waals surface area contributed by atoms with E-state index in [4.69, 9.17) is 4.74 Å². The summed E-state index contributed by atoms with van der Waals surface area (Å²) >= 11 is 0. The molecule has 21 heavy (non-hydrogen) atoms. The van der Waals surface area contributed by atoms with Gasteiger partial charge >= 0.3 is 5.97 Å². The van der Waals surface area contributed by atoms with Crippen molar-refractivity contribution in [3.8, 4) is 5.75 Å². The molecule has 0 aliphatic carbocycles. The van der Waals surface area contributed by atoms with Gasteiger partial charge in [-0.05, 0) is 24.5 Å². The number of rotatable bonds is 11. The zero-order chi connectivity index (χ0) is 15.6. The zero-order valence-electron chi connectivity index (χ0n) is 13.5. The quantitative estimate of drug-likeness (QED) is 0.469. The normalized spacial score (nSPS) is 11.6. The van der Waals surface area contributed by atoms with E-state index in [1.165, 1.54) is 38.5 Å². The summed E-state index contributed by atoms with van der Waals surface area (Å²) in [6.07, 6.45) is 9.94. The molecule has 0 heterocycles. The molecule has 0 amide bonds. The highest BCUT2D eigenvalue weighted by atomic mass is 16.8. The molecule has 3 nitrogen and oxygen atoms in total. The summed E-state index contributed by atoms with van der Waals surface area (Å²) in [5, 5.41) is 19.3. The molecule has 0 aliphatic heterocycles. The van der Waals surface area contributed by atoms with Crippen LogP contribution in [0.15, 0.2) is 24.3 Å². The Labute approximate surface area is 129 Å². The lowest BCUT2D eigenvalue weighted by molar-refractivity contribution is -0.293. The van der Waals surface area contributed by atoms with Crippen LogP contribution in [-0.4, -0.2) is 16.2 Å². The van der Waals surface area contributed by atoms with Crippen LogP contribution in [0.3, 0.4) is 0 Å². The highest BCUT2D eigenvalue weighted by molar-refractivity contribution is 5.33. The number of aliphatic hydroxyl groups is 2. The third-order valence-electron chi connectivity index (χ3n) is 3.76. The van der Waals surface area contributed by atoms with Crippen molar-refractivity contribution in [1.29, 1.82) is 0 Å². The van der Waals surface area contributed by atoms with Crippen molar-refractivity contribution >= 4 is 0 Å². The van der Waals surface area contributed by atoms with E-state index < -0.39 is 5.97 Å². The second kappa shape index (κ2) is 9.80. The van der Waals surface area contributed by atoms with Crippen LogP contribution in [0.1, 0.15) is 70.8 Å². The van der Waals surface area contributed by atoms with Crippen LogP contribution >= 0.6 is 0 Å². The van der Waals surface area contributed by atoms with Gasteiger partial charge in [-0.25, -0.2) is 0 Å². The molecule has 0 aromatic heterocycles. The van der Waals surface area contributed by atoms with Crippen molar-refractivity contribution in [2.75, 3.05) is 0 Å². The van der Waals surface area contributed by atoms with E-state index in [0.717, 1.165) is 18.4 Å². The lowest BCUT2D eigenvalue weighted by Crippen LogP contribution is -2.34.